The molecule has 4 heterocycles. The van der Waals surface area contributed by atoms with Crippen molar-refractivity contribution >= 4 is 55.8 Å². The van der Waals surface area contributed by atoms with Gasteiger partial charge in [-0.3, -0.25) is 14.3 Å². The average Bonchev–Trinajstić information content (AvgIpc) is 3.66. The standard InChI is InChI=1S/C31H33N7O4S/c1-18-5-9-25(19-7-10-27-23(11-19)34-17-43-27)38(16-18)31(40)30(39)36-24-15-33-29(28-22(24)14-35-37(28)2)32-13-20-6-8-21(41-3)12-26(20)42-4/h6-8,10-12,14-15,17-18,25H,5,9,13,16H2,1-4H3,(H,32,33)(H,36,39). The van der Waals surface area contributed by atoms with Crippen LogP contribution in [0, 0.1) is 5.92 Å². The third-order valence-corrected chi connectivity index (χ3v) is 8.79. The summed E-state index contributed by atoms with van der Waals surface area (Å²) in [5, 5.41) is 11.2. The zero-order valence-electron chi connectivity index (χ0n) is 24.5. The van der Waals surface area contributed by atoms with Crippen molar-refractivity contribution in [2.45, 2.75) is 32.4 Å². The van der Waals surface area contributed by atoms with Crippen molar-refractivity contribution in [3.8, 4) is 11.5 Å². The molecule has 43 heavy (non-hydrogen) atoms. The van der Waals surface area contributed by atoms with E-state index in [2.05, 4.69) is 32.6 Å². The normalized spacial score (nSPS) is 16.8. The van der Waals surface area contributed by atoms with Crippen LogP contribution in [0.15, 0.2) is 54.3 Å². The predicted molar refractivity (Wildman–Crippen MR) is 166 cm³/mol. The van der Waals surface area contributed by atoms with Gasteiger partial charge in [-0.1, -0.05) is 13.0 Å². The molecule has 3 aromatic heterocycles. The van der Waals surface area contributed by atoms with Crippen LogP contribution in [0.1, 0.15) is 36.9 Å². The summed E-state index contributed by atoms with van der Waals surface area (Å²) >= 11 is 1.58. The molecule has 1 aliphatic heterocycles. The lowest BCUT2D eigenvalue weighted by atomic mass is 9.89. The van der Waals surface area contributed by atoms with Crippen molar-refractivity contribution in [2.75, 3.05) is 31.4 Å². The molecule has 1 aliphatic rings. The molecule has 2 unspecified atom stereocenters. The first kappa shape index (κ1) is 28.4. The van der Waals surface area contributed by atoms with Gasteiger partial charge in [-0.2, -0.15) is 5.10 Å². The van der Waals surface area contributed by atoms with Gasteiger partial charge in [-0.05, 0) is 48.6 Å². The van der Waals surface area contributed by atoms with E-state index in [1.165, 1.54) is 0 Å². The monoisotopic (exact) mass is 599 g/mol. The Hall–Kier alpha value is -4.71. The van der Waals surface area contributed by atoms with Crippen LogP contribution in [0.2, 0.25) is 0 Å². The van der Waals surface area contributed by atoms with Gasteiger partial charge in [0, 0.05) is 37.2 Å². The van der Waals surface area contributed by atoms with Crippen molar-refractivity contribution in [1.29, 1.82) is 0 Å². The summed E-state index contributed by atoms with van der Waals surface area (Å²) in [4.78, 5) is 37.8. The first-order valence-electron chi connectivity index (χ1n) is 14.1. The van der Waals surface area contributed by atoms with Gasteiger partial charge in [-0.15, -0.1) is 11.3 Å². The largest absolute Gasteiger partial charge is 0.497 e. The van der Waals surface area contributed by atoms with Crippen molar-refractivity contribution in [3.63, 3.8) is 0 Å². The maximum Gasteiger partial charge on any atom is 0.313 e. The number of nitrogens with one attached hydrogen (secondary N) is 2. The second kappa shape index (κ2) is 11.9. The maximum absolute atomic E-state index is 13.6. The number of pyridine rings is 1. The highest BCUT2D eigenvalue weighted by Gasteiger charge is 2.34. The number of fused-ring (bicyclic) bond motifs is 2. The SMILES string of the molecule is COc1ccc(CNc2ncc(NC(=O)C(=O)N3CC(C)CCC3c3ccc4scnc4c3)c3cnn(C)c23)c(OC)c1. The van der Waals surface area contributed by atoms with Crippen molar-refractivity contribution in [3.05, 3.63) is 65.4 Å². The minimum Gasteiger partial charge on any atom is -0.497 e. The number of methoxy groups -OCH3 is 2. The Kier molecular flexibility index (Phi) is 7.85. The third kappa shape index (κ3) is 5.57. The number of aryl methyl sites for hydroxylation is 1. The van der Waals surface area contributed by atoms with Gasteiger partial charge in [0.1, 0.15) is 17.0 Å². The first-order valence-corrected chi connectivity index (χ1v) is 14.9. The van der Waals surface area contributed by atoms with Gasteiger partial charge in [0.15, 0.2) is 5.82 Å². The molecule has 12 heteroatoms. The molecule has 0 radical (unpaired) electrons. The number of rotatable bonds is 7. The summed E-state index contributed by atoms with van der Waals surface area (Å²) in [5.41, 5.74) is 5.74. The van der Waals surface area contributed by atoms with Crippen molar-refractivity contribution in [2.24, 2.45) is 13.0 Å². The molecule has 5 aromatic rings. The lowest BCUT2D eigenvalue weighted by Crippen LogP contribution is -2.46. The molecular weight excluding hydrogens is 566 g/mol. The number of nitrogens with zero attached hydrogens (tertiary/aromatic N) is 5. The fourth-order valence-corrected chi connectivity index (χ4v) is 6.35. The fraction of sp³-hybridized carbons (Fsp3) is 0.323. The van der Waals surface area contributed by atoms with Crippen LogP contribution < -0.4 is 20.1 Å². The van der Waals surface area contributed by atoms with E-state index in [9.17, 15) is 9.59 Å². The molecule has 11 nitrogen and oxygen atoms in total. The van der Waals surface area contributed by atoms with Crippen LogP contribution in [0.25, 0.3) is 21.1 Å². The highest BCUT2D eigenvalue weighted by molar-refractivity contribution is 7.16. The van der Waals surface area contributed by atoms with Gasteiger partial charge in [0.2, 0.25) is 0 Å². The minimum absolute atomic E-state index is 0.196. The summed E-state index contributed by atoms with van der Waals surface area (Å²) in [6.45, 7) is 3.05. The molecule has 2 N–H and O–H groups in total. The van der Waals surface area contributed by atoms with Gasteiger partial charge >= 0.3 is 11.8 Å². The van der Waals surface area contributed by atoms with E-state index in [0.29, 0.717) is 47.0 Å². The third-order valence-electron chi connectivity index (χ3n) is 7.98. The summed E-state index contributed by atoms with van der Waals surface area (Å²) in [5.74, 6) is 0.989. The molecule has 222 valence electrons. The number of benzene rings is 2. The van der Waals surface area contributed by atoms with E-state index in [1.807, 2.05) is 41.9 Å². The van der Waals surface area contributed by atoms with Crippen molar-refractivity contribution < 1.29 is 19.1 Å². The zero-order valence-corrected chi connectivity index (χ0v) is 25.3. The average molecular weight is 600 g/mol. The first-order chi connectivity index (χ1) is 20.9. The molecule has 0 aliphatic carbocycles. The minimum atomic E-state index is -0.704. The summed E-state index contributed by atoms with van der Waals surface area (Å²) < 4.78 is 13.6. The van der Waals surface area contributed by atoms with E-state index in [0.717, 1.165) is 34.2 Å². The maximum atomic E-state index is 13.6. The molecule has 6 rings (SSSR count). The second-order valence-electron chi connectivity index (χ2n) is 10.8. The quantitative estimate of drug-likeness (QED) is 0.247. The summed E-state index contributed by atoms with van der Waals surface area (Å²) in [6.07, 6.45) is 4.96. The van der Waals surface area contributed by atoms with Crippen LogP contribution >= 0.6 is 11.3 Å². The van der Waals surface area contributed by atoms with Gasteiger partial charge in [0.05, 0.1) is 54.1 Å². The smallest absolute Gasteiger partial charge is 0.313 e. The number of likely N-dealkylation sites (tertiary alicyclic amines) is 1. The van der Waals surface area contributed by atoms with Crippen LogP contribution in [0.3, 0.4) is 0 Å². The number of hydrogen-bond donors (Lipinski definition) is 2. The topological polar surface area (TPSA) is 123 Å². The van der Waals surface area contributed by atoms with E-state index in [-0.39, 0.29) is 12.0 Å². The molecule has 1 fully saturated rings. The van der Waals surface area contributed by atoms with E-state index < -0.39 is 11.8 Å². The Labute approximate surface area is 252 Å². The zero-order chi connectivity index (χ0) is 30.1. The molecule has 2 aromatic carbocycles. The number of carbonyl (C=O) groups is 2. The molecule has 1 saturated heterocycles. The number of aromatic nitrogens is 4. The number of thiazole rings is 1. The van der Waals surface area contributed by atoms with Gasteiger partial charge in [-0.25, -0.2) is 9.97 Å². The van der Waals surface area contributed by atoms with Crippen LogP contribution in [0.4, 0.5) is 11.5 Å². The second-order valence-corrected chi connectivity index (χ2v) is 11.7. The molecule has 2 amide bonds. The van der Waals surface area contributed by atoms with Crippen LogP contribution in [0.5, 0.6) is 11.5 Å². The molecular formula is C31H33N7O4S. The summed E-state index contributed by atoms with van der Waals surface area (Å²) in [7, 11) is 5.03. The number of piperidine rings is 1. The molecule has 0 saturated carbocycles. The van der Waals surface area contributed by atoms with E-state index in [4.69, 9.17) is 9.47 Å². The van der Waals surface area contributed by atoms with E-state index in [1.54, 1.807) is 54.6 Å². The Bertz CT molecular complexity index is 1820. The van der Waals surface area contributed by atoms with Gasteiger partial charge < -0.3 is 25.0 Å². The fourth-order valence-electron chi connectivity index (χ4n) is 5.69. The number of amides is 2. The van der Waals surface area contributed by atoms with E-state index >= 15 is 0 Å². The predicted octanol–water partition coefficient (Wildman–Crippen LogP) is 5.15. The number of anilines is 2. The lowest BCUT2D eigenvalue weighted by molar-refractivity contribution is -0.146. The van der Waals surface area contributed by atoms with Crippen LogP contribution in [-0.4, -0.2) is 57.2 Å². The Morgan fingerprint density at radius 2 is 1.93 bits per heavy atom. The highest BCUT2D eigenvalue weighted by Crippen LogP contribution is 2.36. The van der Waals surface area contributed by atoms with Gasteiger partial charge in [0.25, 0.3) is 0 Å². The Balaban J connectivity index is 1.22. The highest BCUT2D eigenvalue weighted by atomic mass is 32.1. The lowest BCUT2D eigenvalue weighted by Gasteiger charge is -2.38. The molecule has 0 spiro atoms. The van der Waals surface area contributed by atoms with Crippen molar-refractivity contribution in [1.82, 2.24) is 24.6 Å². The Morgan fingerprint density at radius 1 is 1.07 bits per heavy atom. The number of hydrogen-bond acceptors (Lipinski definition) is 9. The molecule has 0 bridgehead atoms. The number of ether oxygens (including phenoxy) is 2. The number of carbonyl (C=O) groups excluding carboxylic acids is 2. The molecule has 2 atom stereocenters. The van der Waals surface area contributed by atoms with Crippen LogP contribution in [-0.2, 0) is 23.2 Å². The Morgan fingerprint density at radius 3 is 2.74 bits per heavy atom. The summed E-state index contributed by atoms with van der Waals surface area (Å²) in [6, 6.07) is 11.5.